The smallest absolute Gasteiger partial charge is 0.224 e. The highest BCUT2D eigenvalue weighted by atomic mass is 35.5. The number of hydrogen-bond acceptors (Lipinski definition) is 4. The van der Waals surface area contributed by atoms with Gasteiger partial charge in [-0.1, -0.05) is 18.0 Å². The first-order valence-electron chi connectivity index (χ1n) is 9.05. The number of amides is 1. The van der Waals surface area contributed by atoms with Crippen LogP contribution in [0.4, 0.5) is 0 Å². The highest BCUT2D eigenvalue weighted by molar-refractivity contribution is 6.32. The number of nitrogens with one attached hydrogen (secondary N) is 1. The van der Waals surface area contributed by atoms with Crippen molar-refractivity contribution in [3.8, 4) is 11.5 Å². The minimum atomic E-state index is -0.0273. The third kappa shape index (κ3) is 4.59. The number of carbonyl (C=O) groups excluding carboxylic acids is 1. The van der Waals surface area contributed by atoms with Crippen LogP contribution < -0.4 is 14.8 Å². The maximum atomic E-state index is 12.4. The maximum absolute atomic E-state index is 12.4. The number of benzene rings is 1. The lowest BCUT2D eigenvalue weighted by Crippen LogP contribution is -2.53. The number of nitrogens with zero attached hydrogens (tertiary/aromatic N) is 1. The van der Waals surface area contributed by atoms with Gasteiger partial charge in [-0.3, -0.25) is 9.69 Å². The first kappa shape index (κ1) is 18.3. The Kier molecular flexibility index (Phi) is 5.74. The molecule has 1 amide bonds. The Labute approximate surface area is 154 Å². The fraction of sp³-hybridized carbons (Fsp3) is 0.632. The number of fused-ring (bicyclic) bond motifs is 1. The second-order valence-electron chi connectivity index (χ2n) is 7.42. The zero-order chi connectivity index (χ0) is 17.9. The fourth-order valence-electron chi connectivity index (χ4n) is 3.44. The highest BCUT2D eigenvalue weighted by Gasteiger charge is 2.28. The molecule has 0 atom stereocenters. The second kappa shape index (κ2) is 7.83. The molecular weight excluding hydrogens is 340 g/mol. The number of piperidine rings is 1. The second-order valence-corrected chi connectivity index (χ2v) is 7.82. The molecule has 1 fully saturated rings. The highest BCUT2D eigenvalue weighted by Crippen LogP contribution is 2.38. The Balaban J connectivity index is 1.56. The van der Waals surface area contributed by atoms with Gasteiger partial charge in [-0.05, 0) is 57.5 Å². The third-order valence-electron chi connectivity index (χ3n) is 4.95. The monoisotopic (exact) mass is 366 g/mol. The average Bonchev–Trinajstić information content (AvgIpc) is 2.61. The number of hydrogen-bond donors (Lipinski definition) is 1. The van der Waals surface area contributed by atoms with Crippen molar-refractivity contribution in [3.05, 3.63) is 22.7 Å². The van der Waals surface area contributed by atoms with Gasteiger partial charge in [0.05, 0.1) is 11.4 Å². The molecule has 0 aromatic heterocycles. The number of halogens is 1. The Morgan fingerprint density at radius 1 is 1.20 bits per heavy atom. The van der Waals surface area contributed by atoms with Crippen LogP contribution in [0.3, 0.4) is 0 Å². The van der Waals surface area contributed by atoms with Gasteiger partial charge in [-0.2, -0.15) is 0 Å². The standard InChI is InChI=1S/C19H27ClN2O3/c1-19(2,22-6-4-3-5-7-22)13-21-17(23)12-14-10-15(20)18-16(11-14)24-8-9-25-18/h10-11H,3-9,12-13H2,1-2H3,(H,21,23). The SMILES string of the molecule is CC(C)(CNC(=O)Cc1cc(Cl)c2c(c1)OCCO2)N1CCCCC1. The van der Waals surface area contributed by atoms with E-state index >= 15 is 0 Å². The zero-order valence-corrected chi connectivity index (χ0v) is 15.8. The Bertz CT molecular complexity index is 627. The molecule has 3 rings (SSSR count). The van der Waals surface area contributed by atoms with E-state index < -0.39 is 0 Å². The summed E-state index contributed by atoms with van der Waals surface area (Å²) < 4.78 is 11.1. The number of ether oxygens (including phenoxy) is 2. The lowest BCUT2D eigenvalue weighted by atomic mass is 9.98. The van der Waals surface area contributed by atoms with Gasteiger partial charge in [0.1, 0.15) is 13.2 Å². The van der Waals surface area contributed by atoms with Gasteiger partial charge in [0, 0.05) is 12.1 Å². The first-order valence-corrected chi connectivity index (χ1v) is 9.43. The molecule has 0 unspecified atom stereocenters. The van der Waals surface area contributed by atoms with Crippen LogP contribution in [0.5, 0.6) is 11.5 Å². The van der Waals surface area contributed by atoms with Crippen molar-refractivity contribution in [2.45, 2.75) is 45.1 Å². The van der Waals surface area contributed by atoms with Crippen LogP contribution in [-0.4, -0.2) is 49.2 Å². The molecular formula is C19H27ClN2O3. The molecule has 6 heteroatoms. The summed E-state index contributed by atoms with van der Waals surface area (Å²) >= 11 is 6.24. The minimum absolute atomic E-state index is 0.00201. The van der Waals surface area contributed by atoms with Gasteiger partial charge >= 0.3 is 0 Å². The summed E-state index contributed by atoms with van der Waals surface area (Å²) in [5.74, 6) is 1.19. The van der Waals surface area contributed by atoms with Gasteiger partial charge < -0.3 is 14.8 Å². The van der Waals surface area contributed by atoms with E-state index in [0.717, 1.165) is 18.7 Å². The van der Waals surface area contributed by atoms with Gasteiger partial charge in [-0.15, -0.1) is 0 Å². The van der Waals surface area contributed by atoms with E-state index in [1.54, 1.807) is 6.07 Å². The molecule has 5 nitrogen and oxygen atoms in total. The zero-order valence-electron chi connectivity index (χ0n) is 15.1. The van der Waals surface area contributed by atoms with Crippen molar-refractivity contribution >= 4 is 17.5 Å². The third-order valence-corrected chi connectivity index (χ3v) is 5.23. The molecule has 0 bridgehead atoms. The van der Waals surface area contributed by atoms with Crippen molar-refractivity contribution in [3.63, 3.8) is 0 Å². The Hall–Kier alpha value is -1.46. The van der Waals surface area contributed by atoms with E-state index in [9.17, 15) is 4.79 Å². The van der Waals surface area contributed by atoms with Crippen LogP contribution in [0, 0.1) is 0 Å². The van der Waals surface area contributed by atoms with Crippen molar-refractivity contribution < 1.29 is 14.3 Å². The van der Waals surface area contributed by atoms with Crippen LogP contribution in [0.2, 0.25) is 5.02 Å². The van der Waals surface area contributed by atoms with Gasteiger partial charge in [-0.25, -0.2) is 0 Å². The summed E-state index contributed by atoms with van der Waals surface area (Å²) in [5.41, 5.74) is 0.808. The van der Waals surface area contributed by atoms with Crippen molar-refractivity contribution in [2.24, 2.45) is 0 Å². The Morgan fingerprint density at radius 2 is 1.92 bits per heavy atom. The lowest BCUT2D eigenvalue weighted by molar-refractivity contribution is -0.121. The molecule has 0 aliphatic carbocycles. The van der Waals surface area contributed by atoms with E-state index in [4.69, 9.17) is 21.1 Å². The molecule has 1 aromatic rings. The Morgan fingerprint density at radius 3 is 2.68 bits per heavy atom. The molecule has 2 aliphatic rings. The molecule has 1 saturated heterocycles. The van der Waals surface area contributed by atoms with Crippen LogP contribution in [0.1, 0.15) is 38.7 Å². The average molecular weight is 367 g/mol. The maximum Gasteiger partial charge on any atom is 0.224 e. The van der Waals surface area contributed by atoms with Crippen molar-refractivity contribution in [1.82, 2.24) is 10.2 Å². The summed E-state index contributed by atoms with van der Waals surface area (Å²) in [4.78, 5) is 14.8. The predicted molar refractivity (Wildman–Crippen MR) is 98.7 cm³/mol. The van der Waals surface area contributed by atoms with Gasteiger partial charge in [0.15, 0.2) is 11.5 Å². The summed E-state index contributed by atoms with van der Waals surface area (Å²) in [7, 11) is 0. The largest absolute Gasteiger partial charge is 0.486 e. The molecule has 0 saturated carbocycles. The fourth-order valence-corrected chi connectivity index (χ4v) is 3.73. The predicted octanol–water partition coefficient (Wildman–Crippen LogP) is 3.03. The molecule has 138 valence electrons. The molecule has 0 radical (unpaired) electrons. The molecule has 2 heterocycles. The van der Waals surface area contributed by atoms with E-state index in [1.165, 1.54) is 19.3 Å². The molecule has 1 aromatic carbocycles. The van der Waals surface area contributed by atoms with E-state index in [-0.39, 0.29) is 17.9 Å². The molecule has 25 heavy (non-hydrogen) atoms. The first-order chi connectivity index (χ1) is 12.0. The van der Waals surface area contributed by atoms with Gasteiger partial charge in [0.2, 0.25) is 5.91 Å². The molecule has 1 N–H and O–H groups in total. The van der Waals surface area contributed by atoms with E-state index in [0.29, 0.717) is 36.3 Å². The lowest BCUT2D eigenvalue weighted by Gasteiger charge is -2.41. The van der Waals surface area contributed by atoms with Crippen molar-refractivity contribution in [1.29, 1.82) is 0 Å². The normalized spacial score (nSPS) is 18.0. The van der Waals surface area contributed by atoms with Crippen LogP contribution in [0.25, 0.3) is 0 Å². The summed E-state index contributed by atoms with van der Waals surface area (Å²) in [6.45, 7) is 8.26. The van der Waals surface area contributed by atoms with Crippen LogP contribution in [0.15, 0.2) is 12.1 Å². The topological polar surface area (TPSA) is 50.8 Å². The van der Waals surface area contributed by atoms with Crippen molar-refractivity contribution in [2.75, 3.05) is 32.8 Å². The number of rotatable bonds is 5. The molecule has 0 spiro atoms. The van der Waals surface area contributed by atoms with Crippen LogP contribution in [-0.2, 0) is 11.2 Å². The number of likely N-dealkylation sites (tertiary alicyclic amines) is 1. The summed E-state index contributed by atoms with van der Waals surface area (Å²) in [6.07, 6.45) is 4.08. The van der Waals surface area contributed by atoms with E-state index in [1.807, 2.05) is 6.07 Å². The molecule has 2 aliphatic heterocycles. The van der Waals surface area contributed by atoms with Crippen LogP contribution >= 0.6 is 11.6 Å². The minimum Gasteiger partial charge on any atom is -0.486 e. The number of carbonyl (C=O) groups is 1. The summed E-state index contributed by atoms with van der Waals surface area (Å²) in [5, 5.41) is 3.57. The summed E-state index contributed by atoms with van der Waals surface area (Å²) in [6, 6.07) is 3.63. The van der Waals surface area contributed by atoms with Gasteiger partial charge in [0.25, 0.3) is 0 Å². The van der Waals surface area contributed by atoms with E-state index in [2.05, 4.69) is 24.1 Å². The quantitative estimate of drug-likeness (QED) is 0.870.